The quantitative estimate of drug-likeness (QED) is 0.829. The largest absolute Gasteiger partial charge is 0.329 e. The Labute approximate surface area is 158 Å². The van der Waals surface area contributed by atoms with Gasteiger partial charge in [0.1, 0.15) is 0 Å². The van der Waals surface area contributed by atoms with Crippen LogP contribution in [0.15, 0.2) is 48.5 Å². The molecule has 8 heteroatoms. The van der Waals surface area contributed by atoms with Gasteiger partial charge in [-0.25, -0.2) is 13.6 Å². The highest BCUT2D eigenvalue weighted by molar-refractivity contribution is 7.88. The Kier molecular flexibility index (Phi) is 5.62. The Morgan fingerprint density at radius 3 is 2.73 bits per heavy atom. The van der Waals surface area contributed by atoms with E-state index in [-0.39, 0.29) is 17.7 Å². The summed E-state index contributed by atoms with van der Waals surface area (Å²) in [5.41, 5.74) is 1.90. The fourth-order valence-electron chi connectivity index (χ4n) is 3.15. The molecule has 1 atom stereocenters. The monoisotopic (exact) mass is 393 g/mol. The number of benzene rings is 2. The van der Waals surface area contributed by atoms with Gasteiger partial charge in [-0.3, -0.25) is 4.79 Å². The molecule has 1 amide bonds. The third-order valence-electron chi connectivity index (χ3n) is 4.28. The van der Waals surface area contributed by atoms with Gasteiger partial charge in [-0.1, -0.05) is 35.9 Å². The predicted molar refractivity (Wildman–Crippen MR) is 101 cm³/mol. The number of rotatable bonds is 4. The number of carbonyl (C=O) groups is 1. The topological polar surface area (TPSA) is 92.5 Å². The fourth-order valence-corrected chi connectivity index (χ4v) is 3.99. The van der Waals surface area contributed by atoms with Crippen molar-refractivity contribution in [1.82, 2.24) is 10.2 Å². The Morgan fingerprint density at radius 2 is 2.00 bits per heavy atom. The van der Waals surface area contributed by atoms with Crippen LogP contribution in [-0.4, -0.2) is 38.9 Å². The molecular weight excluding hydrogens is 374 g/mol. The normalized spacial score (nSPS) is 17.9. The lowest BCUT2D eigenvalue weighted by Crippen LogP contribution is -2.48. The number of halogens is 1. The van der Waals surface area contributed by atoms with Crippen molar-refractivity contribution < 1.29 is 13.2 Å². The molecule has 1 heterocycles. The fraction of sp³-hybridized carbons (Fsp3) is 0.278. The zero-order chi connectivity index (χ0) is 18.7. The molecule has 0 bridgehead atoms. The van der Waals surface area contributed by atoms with Gasteiger partial charge in [-0.2, -0.15) is 0 Å². The highest BCUT2D eigenvalue weighted by Crippen LogP contribution is 2.26. The van der Waals surface area contributed by atoms with Gasteiger partial charge >= 0.3 is 0 Å². The second kappa shape index (κ2) is 7.75. The Morgan fingerprint density at radius 1 is 1.23 bits per heavy atom. The van der Waals surface area contributed by atoms with E-state index in [1.165, 1.54) is 0 Å². The van der Waals surface area contributed by atoms with Crippen LogP contribution in [-0.2, 0) is 15.8 Å². The minimum atomic E-state index is -3.65. The smallest absolute Gasteiger partial charge is 0.254 e. The molecule has 1 aliphatic heterocycles. The molecule has 0 radical (unpaired) electrons. The van der Waals surface area contributed by atoms with Gasteiger partial charge in [0.05, 0.1) is 11.8 Å². The third-order valence-corrected chi connectivity index (χ3v) is 5.25. The Bertz CT molecular complexity index is 917. The van der Waals surface area contributed by atoms with Crippen molar-refractivity contribution in [2.45, 2.75) is 11.8 Å². The summed E-state index contributed by atoms with van der Waals surface area (Å²) < 4.78 is 22.6. The van der Waals surface area contributed by atoms with Gasteiger partial charge in [0, 0.05) is 30.2 Å². The van der Waals surface area contributed by atoms with Crippen molar-refractivity contribution in [3.05, 3.63) is 70.2 Å². The summed E-state index contributed by atoms with van der Waals surface area (Å²) in [6.45, 7) is 1.87. The van der Waals surface area contributed by atoms with Crippen molar-refractivity contribution in [2.75, 3.05) is 19.6 Å². The number of hydrogen-bond acceptors (Lipinski definition) is 4. The lowest BCUT2D eigenvalue weighted by Gasteiger charge is -2.36. The first-order valence-electron chi connectivity index (χ1n) is 8.20. The molecule has 1 aliphatic rings. The third kappa shape index (κ3) is 4.62. The molecule has 1 saturated heterocycles. The summed E-state index contributed by atoms with van der Waals surface area (Å²) in [6, 6.07) is 13.9. The highest BCUT2D eigenvalue weighted by atomic mass is 35.5. The van der Waals surface area contributed by atoms with Crippen LogP contribution in [0.3, 0.4) is 0 Å². The van der Waals surface area contributed by atoms with E-state index in [2.05, 4.69) is 5.32 Å². The number of nitrogens with two attached hydrogens (primary N) is 1. The first-order chi connectivity index (χ1) is 12.3. The minimum absolute atomic E-state index is 0.142. The second-order valence-corrected chi connectivity index (χ2v) is 8.33. The van der Waals surface area contributed by atoms with E-state index < -0.39 is 10.0 Å². The van der Waals surface area contributed by atoms with Gasteiger partial charge in [0.25, 0.3) is 5.91 Å². The number of amides is 1. The summed E-state index contributed by atoms with van der Waals surface area (Å²) >= 11 is 6.10. The zero-order valence-corrected chi connectivity index (χ0v) is 15.6. The van der Waals surface area contributed by atoms with E-state index in [1.807, 2.05) is 18.2 Å². The molecule has 0 aromatic heterocycles. The van der Waals surface area contributed by atoms with Crippen LogP contribution in [0.2, 0.25) is 5.02 Å². The highest BCUT2D eigenvalue weighted by Gasteiger charge is 2.28. The van der Waals surface area contributed by atoms with E-state index in [1.54, 1.807) is 35.2 Å². The van der Waals surface area contributed by atoms with Crippen molar-refractivity contribution in [1.29, 1.82) is 0 Å². The summed E-state index contributed by atoms with van der Waals surface area (Å²) in [5, 5.41) is 9.02. The van der Waals surface area contributed by atoms with Gasteiger partial charge in [0.2, 0.25) is 10.0 Å². The molecule has 2 aromatic carbocycles. The molecule has 0 spiro atoms. The molecule has 6 nitrogen and oxygen atoms in total. The molecule has 26 heavy (non-hydrogen) atoms. The molecule has 0 aliphatic carbocycles. The first-order valence-corrected chi connectivity index (χ1v) is 10.3. The van der Waals surface area contributed by atoms with Crippen LogP contribution in [0, 0.1) is 0 Å². The Balaban J connectivity index is 1.88. The SMILES string of the molecule is NS(=O)(=O)Cc1cccc(C(=O)N2CCNCC2c2cccc(Cl)c2)c1. The van der Waals surface area contributed by atoms with Gasteiger partial charge in [-0.05, 0) is 35.4 Å². The maximum absolute atomic E-state index is 13.1. The van der Waals surface area contributed by atoms with Crippen LogP contribution in [0.25, 0.3) is 0 Å². The molecule has 3 rings (SSSR count). The molecule has 1 fully saturated rings. The summed E-state index contributed by atoms with van der Waals surface area (Å²) in [5.74, 6) is -0.444. The maximum Gasteiger partial charge on any atom is 0.254 e. The molecule has 0 saturated carbocycles. The van der Waals surface area contributed by atoms with E-state index >= 15 is 0 Å². The van der Waals surface area contributed by atoms with Crippen molar-refractivity contribution in [3.8, 4) is 0 Å². The van der Waals surface area contributed by atoms with Crippen molar-refractivity contribution in [2.24, 2.45) is 5.14 Å². The second-order valence-electron chi connectivity index (χ2n) is 6.28. The maximum atomic E-state index is 13.1. The molecule has 1 unspecified atom stereocenters. The van der Waals surface area contributed by atoms with Crippen LogP contribution in [0.4, 0.5) is 0 Å². The van der Waals surface area contributed by atoms with E-state index in [0.29, 0.717) is 35.8 Å². The molecular formula is C18H20ClN3O3S. The molecule has 2 aromatic rings. The van der Waals surface area contributed by atoms with Gasteiger partial charge in [-0.15, -0.1) is 0 Å². The van der Waals surface area contributed by atoms with Crippen LogP contribution < -0.4 is 10.5 Å². The van der Waals surface area contributed by atoms with Crippen LogP contribution >= 0.6 is 11.6 Å². The average molecular weight is 394 g/mol. The summed E-state index contributed by atoms with van der Waals surface area (Å²) in [6.07, 6.45) is 0. The van der Waals surface area contributed by atoms with Crippen LogP contribution in [0.5, 0.6) is 0 Å². The number of hydrogen-bond donors (Lipinski definition) is 2. The average Bonchev–Trinajstić information content (AvgIpc) is 2.60. The van der Waals surface area contributed by atoms with Gasteiger partial charge in [0.15, 0.2) is 0 Å². The van der Waals surface area contributed by atoms with E-state index in [4.69, 9.17) is 16.7 Å². The zero-order valence-electron chi connectivity index (χ0n) is 14.1. The van der Waals surface area contributed by atoms with Gasteiger partial charge < -0.3 is 10.2 Å². The van der Waals surface area contributed by atoms with Crippen molar-refractivity contribution >= 4 is 27.5 Å². The lowest BCUT2D eigenvalue weighted by atomic mass is 10.0. The Hall–Kier alpha value is -1.93. The van der Waals surface area contributed by atoms with E-state index in [0.717, 1.165) is 5.56 Å². The van der Waals surface area contributed by atoms with E-state index in [9.17, 15) is 13.2 Å². The summed E-state index contributed by atoms with van der Waals surface area (Å²) in [7, 11) is -3.65. The first kappa shape index (κ1) is 18.8. The number of piperazine rings is 1. The standard InChI is InChI=1S/C18H20ClN3O3S/c19-16-6-2-4-14(10-16)17-11-21-7-8-22(17)18(23)15-5-1-3-13(9-15)12-26(20,24)25/h1-6,9-10,17,21H,7-8,11-12H2,(H2,20,24,25). The number of sulfonamides is 1. The van der Waals surface area contributed by atoms with Crippen LogP contribution in [0.1, 0.15) is 27.5 Å². The number of nitrogens with one attached hydrogen (secondary N) is 1. The number of nitrogens with zero attached hydrogens (tertiary/aromatic N) is 1. The number of primary sulfonamides is 1. The minimum Gasteiger partial charge on any atom is -0.329 e. The summed E-state index contributed by atoms with van der Waals surface area (Å²) in [4.78, 5) is 14.9. The predicted octanol–water partition coefficient (Wildman–Crippen LogP) is 1.92. The van der Waals surface area contributed by atoms with Crippen molar-refractivity contribution in [3.63, 3.8) is 0 Å². The lowest BCUT2D eigenvalue weighted by molar-refractivity contribution is 0.0634. The molecule has 138 valence electrons. The molecule has 3 N–H and O–H groups in total. The number of carbonyl (C=O) groups excluding carboxylic acids is 1.